The summed E-state index contributed by atoms with van der Waals surface area (Å²) in [5, 5.41) is 14.2. The third-order valence-corrected chi connectivity index (χ3v) is 6.60. The molecule has 2 aromatic carbocycles. The number of para-hydroxylation sites is 1. The van der Waals surface area contributed by atoms with Gasteiger partial charge in [0.2, 0.25) is 0 Å². The zero-order chi connectivity index (χ0) is 21.9. The molecule has 3 aromatic rings. The van der Waals surface area contributed by atoms with Crippen molar-refractivity contribution in [3.63, 3.8) is 0 Å². The van der Waals surface area contributed by atoms with Crippen LogP contribution in [-0.4, -0.2) is 38.8 Å². The number of hydrogen-bond acceptors (Lipinski definition) is 3. The van der Waals surface area contributed by atoms with Crippen molar-refractivity contribution in [3.8, 4) is 11.4 Å². The van der Waals surface area contributed by atoms with E-state index in [0.717, 1.165) is 47.6 Å². The molecular formula is C24H23F2N3O2. The first-order chi connectivity index (χ1) is 14.8. The molecule has 1 saturated heterocycles. The van der Waals surface area contributed by atoms with Crippen LogP contribution in [0.5, 0.6) is 5.75 Å². The van der Waals surface area contributed by atoms with Gasteiger partial charge in [-0.15, -0.1) is 0 Å². The maximum absolute atomic E-state index is 14.1. The first-order valence-electron chi connectivity index (χ1n) is 10.4. The van der Waals surface area contributed by atoms with E-state index in [-0.39, 0.29) is 5.41 Å². The van der Waals surface area contributed by atoms with Crippen LogP contribution >= 0.6 is 0 Å². The standard InChI is InChI=1S/C24H23F2N3O2/c1-14-5-3-4-6-18(14)29-19(9-15(2)27-29)16-10-24(11-16)12-28(13-24)23(31)21-17(25)7-8-20(30)22(21)26/h3-9,16,30H,10-13H2,1-2H3. The highest BCUT2D eigenvalue weighted by atomic mass is 19.1. The fourth-order valence-electron chi connectivity index (χ4n) is 5.06. The van der Waals surface area contributed by atoms with E-state index in [0.29, 0.717) is 19.0 Å². The molecule has 1 aromatic heterocycles. The largest absolute Gasteiger partial charge is 0.505 e. The molecule has 7 heteroatoms. The minimum atomic E-state index is -1.20. The Morgan fingerprint density at radius 1 is 1.13 bits per heavy atom. The van der Waals surface area contributed by atoms with Gasteiger partial charge in [0, 0.05) is 30.1 Å². The lowest BCUT2D eigenvalue weighted by Crippen LogP contribution is -2.63. The number of likely N-dealkylation sites (tertiary alicyclic amines) is 1. The molecule has 1 saturated carbocycles. The number of amides is 1. The molecule has 0 radical (unpaired) electrons. The van der Waals surface area contributed by atoms with Gasteiger partial charge in [-0.1, -0.05) is 18.2 Å². The predicted octanol–water partition coefficient (Wildman–Crippen LogP) is 4.49. The Hall–Kier alpha value is -3.22. The second kappa shape index (κ2) is 6.90. The van der Waals surface area contributed by atoms with Crippen LogP contribution in [0.3, 0.4) is 0 Å². The molecule has 0 unspecified atom stereocenters. The van der Waals surface area contributed by atoms with Gasteiger partial charge in [-0.2, -0.15) is 5.10 Å². The number of phenols is 1. The van der Waals surface area contributed by atoms with Gasteiger partial charge < -0.3 is 10.0 Å². The second-order valence-corrected chi connectivity index (χ2v) is 8.93. The number of aromatic nitrogens is 2. The Labute approximate surface area is 178 Å². The number of aromatic hydroxyl groups is 1. The van der Waals surface area contributed by atoms with E-state index < -0.39 is 28.9 Å². The fraction of sp³-hybridized carbons (Fsp3) is 0.333. The third-order valence-electron chi connectivity index (χ3n) is 6.60. The summed E-state index contributed by atoms with van der Waals surface area (Å²) in [4.78, 5) is 14.1. The molecule has 0 atom stereocenters. The molecule has 160 valence electrons. The zero-order valence-corrected chi connectivity index (χ0v) is 17.4. The number of halogens is 2. The molecule has 0 bridgehead atoms. The number of aryl methyl sites for hydroxylation is 2. The van der Waals surface area contributed by atoms with E-state index in [9.17, 15) is 18.7 Å². The van der Waals surface area contributed by atoms with Crippen molar-refractivity contribution >= 4 is 5.91 Å². The summed E-state index contributed by atoms with van der Waals surface area (Å²) in [6.07, 6.45) is 1.80. The highest BCUT2D eigenvalue weighted by Gasteiger charge is 2.55. The molecule has 5 nitrogen and oxygen atoms in total. The zero-order valence-electron chi connectivity index (χ0n) is 17.4. The van der Waals surface area contributed by atoms with Crippen molar-refractivity contribution in [1.29, 1.82) is 0 Å². The van der Waals surface area contributed by atoms with Crippen LogP contribution in [0.15, 0.2) is 42.5 Å². The second-order valence-electron chi connectivity index (χ2n) is 8.93. The number of benzene rings is 2. The lowest BCUT2D eigenvalue weighted by Gasteiger charge is -2.59. The lowest BCUT2D eigenvalue weighted by molar-refractivity contribution is -0.0569. The normalized spacial score (nSPS) is 17.5. The number of carbonyl (C=O) groups excluding carboxylic acids is 1. The van der Waals surface area contributed by atoms with Crippen LogP contribution in [0.25, 0.3) is 5.69 Å². The van der Waals surface area contributed by atoms with E-state index in [1.807, 2.05) is 23.7 Å². The Morgan fingerprint density at radius 3 is 2.55 bits per heavy atom. The van der Waals surface area contributed by atoms with Crippen molar-refractivity contribution in [2.45, 2.75) is 32.6 Å². The molecule has 1 aliphatic heterocycles. The van der Waals surface area contributed by atoms with Crippen molar-refractivity contribution in [1.82, 2.24) is 14.7 Å². The quantitative estimate of drug-likeness (QED) is 0.675. The van der Waals surface area contributed by atoms with Crippen LogP contribution in [0, 0.1) is 30.9 Å². The first-order valence-corrected chi connectivity index (χ1v) is 10.4. The van der Waals surface area contributed by atoms with Crippen molar-refractivity contribution in [2.75, 3.05) is 13.1 Å². The molecule has 1 amide bonds. The third kappa shape index (κ3) is 3.10. The van der Waals surface area contributed by atoms with Crippen LogP contribution in [-0.2, 0) is 0 Å². The smallest absolute Gasteiger partial charge is 0.260 e. The van der Waals surface area contributed by atoms with Crippen LogP contribution in [0.1, 0.15) is 46.1 Å². The molecule has 2 heterocycles. The number of hydrogen-bond donors (Lipinski definition) is 1. The number of rotatable bonds is 3. The molecule has 2 fully saturated rings. The molecule has 31 heavy (non-hydrogen) atoms. The Kier molecular flexibility index (Phi) is 4.39. The van der Waals surface area contributed by atoms with E-state index in [2.05, 4.69) is 25.1 Å². The lowest BCUT2D eigenvalue weighted by atomic mass is 9.57. The van der Waals surface area contributed by atoms with Crippen molar-refractivity contribution in [2.24, 2.45) is 5.41 Å². The highest BCUT2D eigenvalue weighted by molar-refractivity contribution is 5.96. The maximum Gasteiger partial charge on any atom is 0.260 e. The summed E-state index contributed by atoms with van der Waals surface area (Å²) in [7, 11) is 0. The average molecular weight is 423 g/mol. The first kappa shape index (κ1) is 19.7. The monoisotopic (exact) mass is 423 g/mol. The van der Waals surface area contributed by atoms with Crippen molar-refractivity contribution in [3.05, 3.63) is 76.6 Å². The minimum Gasteiger partial charge on any atom is -0.505 e. The summed E-state index contributed by atoms with van der Waals surface area (Å²) < 4.78 is 30.1. The van der Waals surface area contributed by atoms with Crippen LogP contribution in [0.2, 0.25) is 0 Å². The Morgan fingerprint density at radius 2 is 1.84 bits per heavy atom. The van der Waals surface area contributed by atoms with Gasteiger partial charge in [0.15, 0.2) is 11.6 Å². The maximum atomic E-state index is 14.1. The SMILES string of the molecule is Cc1cc(C2CC3(C2)CN(C(=O)c2c(F)ccc(O)c2F)C3)n(-c2ccccc2C)n1. The van der Waals surface area contributed by atoms with Gasteiger partial charge >= 0.3 is 0 Å². The van der Waals surface area contributed by atoms with Crippen LogP contribution in [0.4, 0.5) is 8.78 Å². The number of nitrogens with zero attached hydrogens (tertiary/aromatic N) is 3. The van der Waals surface area contributed by atoms with Gasteiger partial charge in [-0.3, -0.25) is 4.79 Å². The molecule has 5 rings (SSSR count). The fourth-order valence-corrected chi connectivity index (χ4v) is 5.06. The van der Waals surface area contributed by atoms with Gasteiger partial charge in [-0.05, 0) is 56.5 Å². The summed E-state index contributed by atoms with van der Waals surface area (Å²) in [5.41, 5.74) is 3.63. The van der Waals surface area contributed by atoms with E-state index >= 15 is 0 Å². The van der Waals surface area contributed by atoms with Gasteiger partial charge in [-0.25, -0.2) is 13.5 Å². The van der Waals surface area contributed by atoms with Crippen molar-refractivity contribution < 1.29 is 18.7 Å². The van der Waals surface area contributed by atoms with Gasteiger partial charge in [0.05, 0.1) is 11.4 Å². The topological polar surface area (TPSA) is 58.4 Å². The number of carbonyl (C=O) groups is 1. The molecular weight excluding hydrogens is 400 g/mol. The summed E-state index contributed by atoms with van der Waals surface area (Å²) in [5.74, 6) is -3.25. The molecule has 2 aliphatic rings. The Balaban J connectivity index is 1.30. The molecule has 1 spiro atoms. The predicted molar refractivity (Wildman–Crippen MR) is 111 cm³/mol. The number of phenolic OH excluding ortho intramolecular Hbond substituents is 1. The summed E-state index contributed by atoms with van der Waals surface area (Å²) in [6.45, 7) is 4.98. The van der Waals surface area contributed by atoms with E-state index in [1.54, 1.807) is 0 Å². The Bertz CT molecular complexity index is 1190. The van der Waals surface area contributed by atoms with Gasteiger partial charge in [0.25, 0.3) is 5.91 Å². The molecule has 1 aliphatic carbocycles. The average Bonchev–Trinajstić information content (AvgIpc) is 3.04. The van der Waals surface area contributed by atoms with Crippen LogP contribution < -0.4 is 0 Å². The summed E-state index contributed by atoms with van der Waals surface area (Å²) in [6, 6.07) is 12.1. The van der Waals surface area contributed by atoms with E-state index in [1.165, 1.54) is 4.90 Å². The minimum absolute atomic E-state index is 0.0150. The van der Waals surface area contributed by atoms with E-state index in [4.69, 9.17) is 5.10 Å². The highest BCUT2D eigenvalue weighted by Crippen LogP contribution is 2.56. The molecule has 1 N–H and O–H groups in total. The summed E-state index contributed by atoms with van der Waals surface area (Å²) >= 11 is 0. The van der Waals surface area contributed by atoms with Gasteiger partial charge in [0.1, 0.15) is 11.4 Å².